The Kier molecular flexibility index (Phi) is 5.95. The van der Waals surface area contributed by atoms with Gasteiger partial charge in [-0.15, -0.1) is 0 Å². The number of ketones is 1. The van der Waals surface area contributed by atoms with E-state index in [-0.39, 0.29) is 18.4 Å². The van der Waals surface area contributed by atoms with Gasteiger partial charge in [0.15, 0.2) is 5.78 Å². The molecule has 21 heavy (non-hydrogen) atoms. The van der Waals surface area contributed by atoms with Crippen LogP contribution in [0.3, 0.4) is 0 Å². The molecule has 0 saturated carbocycles. The molecule has 3 heteroatoms. The van der Waals surface area contributed by atoms with Gasteiger partial charge in [0.1, 0.15) is 0 Å². The molecule has 0 aliphatic carbocycles. The zero-order valence-corrected chi connectivity index (χ0v) is 13.2. The first kappa shape index (κ1) is 16.2. The van der Waals surface area contributed by atoms with Crippen molar-refractivity contribution in [2.45, 2.75) is 58.0 Å². The van der Waals surface area contributed by atoms with Crippen LogP contribution in [0.2, 0.25) is 0 Å². The van der Waals surface area contributed by atoms with E-state index in [1.165, 1.54) is 5.56 Å². The summed E-state index contributed by atoms with van der Waals surface area (Å²) < 4.78 is 0. The Morgan fingerprint density at radius 2 is 2.10 bits per heavy atom. The van der Waals surface area contributed by atoms with Crippen LogP contribution in [0.1, 0.15) is 55.5 Å². The SMILES string of the molecule is CCc1ccc(C(=O)C(C)N2CCCC2CCCO)cc1. The number of hydrogen-bond acceptors (Lipinski definition) is 3. The minimum absolute atomic E-state index is 0.0660. The summed E-state index contributed by atoms with van der Waals surface area (Å²) in [5.74, 6) is 0.216. The number of nitrogens with zero attached hydrogens (tertiary/aromatic N) is 1. The molecule has 0 bridgehead atoms. The van der Waals surface area contributed by atoms with Crippen molar-refractivity contribution in [1.29, 1.82) is 0 Å². The van der Waals surface area contributed by atoms with Gasteiger partial charge in [-0.25, -0.2) is 0 Å². The lowest BCUT2D eigenvalue weighted by Gasteiger charge is -2.29. The molecule has 1 aromatic rings. The van der Waals surface area contributed by atoms with Crippen molar-refractivity contribution in [1.82, 2.24) is 4.90 Å². The summed E-state index contributed by atoms with van der Waals surface area (Å²) in [6, 6.07) is 8.39. The lowest BCUT2D eigenvalue weighted by molar-refractivity contribution is 0.0809. The van der Waals surface area contributed by atoms with E-state index in [1.807, 2.05) is 31.2 Å². The molecule has 0 aromatic heterocycles. The molecule has 1 N–H and O–H groups in total. The Hall–Kier alpha value is -1.19. The second-order valence-electron chi connectivity index (χ2n) is 5.99. The number of hydrogen-bond donors (Lipinski definition) is 1. The quantitative estimate of drug-likeness (QED) is 0.784. The van der Waals surface area contributed by atoms with Gasteiger partial charge in [0.2, 0.25) is 0 Å². The summed E-state index contributed by atoms with van der Waals surface area (Å²) >= 11 is 0. The van der Waals surface area contributed by atoms with Crippen LogP contribution < -0.4 is 0 Å². The third-order valence-electron chi connectivity index (χ3n) is 4.64. The molecule has 2 rings (SSSR count). The molecule has 1 aromatic carbocycles. The Morgan fingerprint density at radius 3 is 2.71 bits per heavy atom. The second kappa shape index (κ2) is 7.71. The average molecular weight is 289 g/mol. The van der Waals surface area contributed by atoms with E-state index < -0.39 is 0 Å². The highest BCUT2D eigenvalue weighted by molar-refractivity contribution is 5.99. The smallest absolute Gasteiger partial charge is 0.179 e. The predicted molar refractivity (Wildman–Crippen MR) is 85.7 cm³/mol. The van der Waals surface area contributed by atoms with Gasteiger partial charge in [-0.05, 0) is 51.1 Å². The van der Waals surface area contributed by atoms with Gasteiger partial charge in [-0.3, -0.25) is 9.69 Å². The van der Waals surface area contributed by atoms with E-state index in [0.29, 0.717) is 6.04 Å². The van der Waals surface area contributed by atoms with E-state index >= 15 is 0 Å². The Labute approximate surface area is 128 Å². The maximum absolute atomic E-state index is 12.7. The summed E-state index contributed by atoms with van der Waals surface area (Å²) in [7, 11) is 0. The number of benzene rings is 1. The fraction of sp³-hybridized carbons (Fsp3) is 0.611. The normalized spacial score (nSPS) is 20.6. The van der Waals surface area contributed by atoms with Gasteiger partial charge in [0, 0.05) is 18.2 Å². The second-order valence-corrected chi connectivity index (χ2v) is 5.99. The van der Waals surface area contributed by atoms with Crippen LogP contribution in [0.15, 0.2) is 24.3 Å². The van der Waals surface area contributed by atoms with E-state index in [0.717, 1.165) is 44.2 Å². The van der Waals surface area contributed by atoms with Crippen LogP contribution >= 0.6 is 0 Å². The molecule has 1 aliphatic rings. The number of rotatable bonds is 7. The molecule has 2 atom stereocenters. The van der Waals surface area contributed by atoms with Crippen LogP contribution in [-0.4, -0.2) is 41.0 Å². The number of aryl methyl sites for hydroxylation is 1. The Bertz CT molecular complexity index is 455. The maximum atomic E-state index is 12.7. The first-order chi connectivity index (χ1) is 10.2. The molecule has 1 aliphatic heterocycles. The van der Waals surface area contributed by atoms with Crippen LogP contribution in [0.4, 0.5) is 0 Å². The van der Waals surface area contributed by atoms with Gasteiger partial charge in [0.05, 0.1) is 6.04 Å². The third-order valence-corrected chi connectivity index (χ3v) is 4.64. The van der Waals surface area contributed by atoms with Crippen molar-refractivity contribution in [3.63, 3.8) is 0 Å². The molecule has 0 spiro atoms. The highest BCUT2D eigenvalue weighted by atomic mass is 16.2. The number of carbonyl (C=O) groups excluding carboxylic acids is 1. The first-order valence-electron chi connectivity index (χ1n) is 8.17. The summed E-state index contributed by atoms with van der Waals surface area (Å²) in [5, 5.41) is 9.00. The number of aliphatic hydroxyl groups is 1. The Morgan fingerprint density at radius 1 is 1.38 bits per heavy atom. The first-order valence-corrected chi connectivity index (χ1v) is 8.17. The van der Waals surface area contributed by atoms with E-state index in [1.54, 1.807) is 0 Å². The lowest BCUT2D eigenvalue weighted by atomic mass is 10.0. The minimum Gasteiger partial charge on any atom is -0.396 e. The topological polar surface area (TPSA) is 40.5 Å². The molecule has 1 fully saturated rings. The van der Waals surface area contributed by atoms with Crippen LogP contribution in [0.25, 0.3) is 0 Å². The van der Waals surface area contributed by atoms with Gasteiger partial charge in [-0.2, -0.15) is 0 Å². The van der Waals surface area contributed by atoms with Crippen LogP contribution in [0.5, 0.6) is 0 Å². The average Bonchev–Trinajstić information content (AvgIpc) is 3.00. The zero-order valence-electron chi connectivity index (χ0n) is 13.2. The minimum atomic E-state index is -0.0660. The molecular formula is C18H27NO2. The molecule has 1 heterocycles. The van der Waals surface area contributed by atoms with E-state index in [9.17, 15) is 4.79 Å². The predicted octanol–water partition coefficient (Wildman–Crippen LogP) is 3.06. The molecule has 3 nitrogen and oxygen atoms in total. The number of aliphatic hydroxyl groups excluding tert-OH is 1. The van der Waals surface area contributed by atoms with Gasteiger partial charge in [0.25, 0.3) is 0 Å². The molecule has 0 radical (unpaired) electrons. The highest BCUT2D eigenvalue weighted by Crippen LogP contribution is 2.25. The van der Waals surface area contributed by atoms with E-state index in [4.69, 9.17) is 5.11 Å². The molecule has 0 amide bonds. The molecule has 2 unspecified atom stereocenters. The van der Waals surface area contributed by atoms with Crippen molar-refractivity contribution in [3.05, 3.63) is 35.4 Å². The van der Waals surface area contributed by atoms with Gasteiger partial charge < -0.3 is 5.11 Å². The van der Waals surface area contributed by atoms with Gasteiger partial charge in [-0.1, -0.05) is 31.2 Å². The fourth-order valence-electron chi connectivity index (χ4n) is 3.30. The zero-order chi connectivity index (χ0) is 15.2. The van der Waals surface area contributed by atoms with Gasteiger partial charge >= 0.3 is 0 Å². The van der Waals surface area contributed by atoms with E-state index in [2.05, 4.69) is 11.8 Å². The summed E-state index contributed by atoms with van der Waals surface area (Å²) in [6.07, 6.45) is 5.12. The molecular weight excluding hydrogens is 262 g/mol. The largest absolute Gasteiger partial charge is 0.396 e. The third kappa shape index (κ3) is 3.92. The molecule has 1 saturated heterocycles. The van der Waals surface area contributed by atoms with Crippen molar-refractivity contribution in [3.8, 4) is 0 Å². The van der Waals surface area contributed by atoms with Crippen molar-refractivity contribution in [2.75, 3.05) is 13.2 Å². The Balaban J connectivity index is 2.03. The van der Waals surface area contributed by atoms with Crippen LogP contribution in [0, 0.1) is 0 Å². The number of carbonyl (C=O) groups is 1. The number of likely N-dealkylation sites (tertiary alicyclic amines) is 1. The van der Waals surface area contributed by atoms with Crippen molar-refractivity contribution >= 4 is 5.78 Å². The lowest BCUT2D eigenvalue weighted by Crippen LogP contribution is -2.42. The highest BCUT2D eigenvalue weighted by Gasteiger charge is 2.31. The monoisotopic (exact) mass is 289 g/mol. The standard InChI is InChI=1S/C18H27NO2/c1-3-15-8-10-16(11-9-15)18(21)14(2)19-12-4-6-17(19)7-5-13-20/h8-11,14,17,20H,3-7,12-13H2,1-2H3. The summed E-state index contributed by atoms with van der Waals surface area (Å²) in [4.78, 5) is 15.0. The molecule has 116 valence electrons. The summed E-state index contributed by atoms with van der Waals surface area (Å²) in [5.41, 5.74) is 2.08. The number of Topliss-reactive ketones (excluding diaryl/α,β-unsaturated/α-hetero) is 1. The maximum Gasteiger partial charge on any atom is 0.179 e. The summed E-state index contributed by atoms with van der Waals surface area (Å²) in [6.45, 7) is 5.38. The van der Waals surface area contributed by atoms with Crippen molar-refractivity contribution in [2.24, 2.45) is 0 Å². The fourth-order valence-corrected chi connectivity index (χ4v) is 3.30. The van der Waals surface area contributed by atoms with Crippen molar-refractivity contribution < 1.29 is 9.90 Å². The van der Waals surface area contributed by atoms with Crippen LogP contribution in [-0.2, 0) is 6.42 Å².